The molecule has 146 valence electrons. The Kier molecular flexibility index (Phi) is 5.35. The lowest BCUT2D eigenvalue weighted by molar-refractivity contribution is -0.117. The number of nitrogens with one attached hydrogen (secondary N) is 2. The van der Waals surface area contributed by atoms with Crippen molar-refractivity contribution in [3.05, 3.63) is 82.9 Å². The molecular weight excluding hydrogens is 364 g/mol. The van der Waals surface area contributed by atoms with Crippen molar-refractivity contribution in [1.29, 1.82) is 0 Å². The van der Waals surface area contributed by atoms with Gasteiger partial charge in [-0.3, -0.25) is 14.5 Å². The molecule has 4 aromatic rings. The molecule has 1 aromatic heterocycles. The van der Waals surface area contributed by atoms with E-state index >= 15 is 0 Å². The molecule has 1 heterocycles. The minimum absolute atomic E-state index is 0.106. The standard InChI is InChI=1S/C23H22N4O2/c1-2-27(14-21-25-20-10-6-5-9-19(20)23(29)26-21)15-22(28)24-18-12-11-16-7-3-4-8-17(16)13-18/h3-13H,2,14-15H2,1H3,(H,24,28)(H,25,26,29). The topological polar surface area (TPSA) is 78.1 Å². The molecule has 2 N–H and O–H groups in total. The smallest absolute Gasteiger partial charge is 0.258 e. The maximum Gasteiger partial charge on any atom is 0.258 e. The van der Waals surface area contributed by atoms with E-state index in [1.807, 2.05) is 72.5 Å². The molecule has 0 aliphatic carbocycles. The first-order valence-electron chi connectivity index (χ1n) is 9.61. The zero-order valence-electron chi connectivity index (χ0n) is 16.2. The second-order valence-electron chi connectivity index (χ2n) is 6.94. The van der Waals surface area contributed by atoms with E-state index in [1.54, 1.807) is 6.07 Å². The van der Waals surface area contributed by atoms with Crippen LogP contribution in [0.2, 0.25) is 0 Å². The molecule has 0 spiro atoms. The molecule has 4 rings (SSSR count). The number of likely N-dealkylation sites (N-methyl/N-ethyl adjacent to an activating group) is 1. The van der Waals surface area contributed by atoms with Crippen molar-refractivity contribution < 1.29 is 4.79 Å². The first kappa shape index (κ1) is 18.8. The molecule has 0 saturated heterocycles. The maximum absolute atomic E-state index is 12.5. The second-order valence-corrected chi connectivity index (χ2v) is 6.94. The van der Waals surface area contributed by atoms with Crippen molar-refractivity contribution in [1.82, 2.24) is 14.9 Å². The number of carbonyl (C=O) groups is 1. The Labute approximate surface area is 168 Å². The zero-order valence-corrected chi connectivity index (χ0v) is 16.2. The van der Waals surface area contributed by atoms with Crippen LogP contribution < -0.4 is 10.9 Å². The number of hydrogen-bond donors (Lipinski definition) is 2. The molecule has 0 aliphatic heterocycles. The molecule has 0 atom stereocenters. The van der Waals surface area contributed by atoms with Gasteiger partial charge < -0.3 is 10.3 Å². The minimum atomic E-state index is -0.165. The van der Waals surface area contributed by atoms with Crippen LogP contribution in [-0.4, -0.2) is 33.9 Å². The summed E-state index contributed by atoms with van der Waals surface area (Å²) in [6, 6.07) is 21.1. The number of aromatic amines is 1. The van der Waals surface area contributed by atoms with E-state index < -0.39 is 0 Å². The highest BCUT2D eigenvalue weighted by molar-refractivity contribution is 5.95. The Balaban J connectivity index is 1.45. The van der Waals surface area contributed by atoms with Crippen LogP contribution >= 0.6 is 0 Å². The Hall–Kier alpha value is -3.51. The van der Waals surface area contributed by atoms with Crippen LogP contribution in [0.3, 0.4) is 0 Å². The van der Waals surface area contributed by atoms with Crippen LogP contribution in [0.15, 0.2) is 71.5 Å². The lowest BCUT2D eigenvalue weighted by Crippen LogP contribution is -2.33. The van der Waals surface area contributed by atoms with Crippen molar-refractivity contribution in [2.75, 3.05) is 18.4 Å². The predicted molar refractivity (Wildman–Crippen MR) is 116 cm³/mol. The Bertz CT molecular complexity index is 1230. The predicted octanol–water partition coefficient (Wildman–Crippen LogP) is 3.54. The highest BCUT2D eigenvalue weighted by Gasteiger charge is 2.12. The van der Waals surface area contributed by atoms with Gasteiger partial charge in [0.15, 0.2) is 0 Å². The minimum Gasteiger partial charge on any atom is -0.325 e. The van der Waals surface area contributed by atoms with Gasteiger partial charge in [-0.2, -0.15) is 0 Å². The Morgan fingerprint density at radius 1 is 1.03 bits per heavy atom. The molecular formula is C23H22N4O2. The largest absolute Gasteiger partial charge is 0.325 e. The van der Waals surface area contributed by atoms with Gasteiger partial charge in [-0.05, 0) is 41.6 Å². The van der Waals surface area contributed by atoms with Crippen molar-refractivity contribution in [2.24, 2.45) is 0 Å². The van der Waals surface area contributed by atoms with Gasteiger partial charge in [-0.25, -0.2) is 4.98 Å². The lowest BCUT2D eigenvalue weighted by Gasteiger charge is -2.19. The fourth-order valence-corrected chi connectivity index (χ4v) is 3.37. The van der Waals surface area contributed by atoms with E-state index in [9.17, 15) is 9.59 Å². The average molecular weight is 386 g/mol. The number of benzene rings is 3. The molecule has 6 heteroatoms. The van der Waals surface area contributed by atoms with Gasteiger partial charge in [0.05, 0.1) is 24.0 Å². The molecule has 0 aliphatic rings. The Morgan fingerprint density at radius 3 is 2.62 bits per heavy atom. The molecule has 0 saturated carbocycles. The lowest BCUT2D eigenvalue weighted by atomic mass is 10.1. The van der Waals surface area contributed by atoms with Crippen LogP contribution in [0.5, 0.6) is 0 Å². The highest BCUT2D eigenvalue weighted by Crippen LogP contribution is 2.18. The van der Waals surface area contributed by atoms with E-state index in [0.717, 1.165) is 16.5 Å². The number of hydrogen-bond acceptors (Lipinski definition) is 4. The first-order chi connectivity index (χ1) is 14.1. The van der Waals surface area contributed by atoms with Crippen LogP contribution in [0.1, 0.15) is 12.7 Å². The van der Waals surface area contributed by atoms with E-state index in [0.29, 0.717) is 29.8 Å². The Morgan fingerprint density at radius 2 is 1.79 bits per heavy atom. The summed E-state index contributed by atoms with van der Waals surface area (Å²) >= 11 is 0. The summed E-state index contributed by atoms with van der Waals surface area (Å²) in [5, 5.41) is 5.73. The molecule has 0 fully saturated rings. The summed E-state index contributed by atoms with van der Waals surface area (Å²) in [5.41, 5.74) is 1.26. The zero-order chi connectivity index (χ0) is 20.2. The number of anilines is 1. The second kappa shape index (κ2) is 8.24. The van der Waals surface area contributed by atoms with E-state index in [1.165, 1.54) is 0 Å². The number of carbonyl (C=O) groups excluding carboxylic acids is 1. The summed E-state index contributed by atoms with van der Waals surface area (Å²) in [5.74, 6) is 0.444. The van der Waals surface area contributed by atoms with Gasteiger partial charge in [0, 0.05) is 5.69 Å². The summed E-state index contributed by atoms with van der Waals surface area (Å²) in [7, 11) is 0. The number of aromatic nitrogens is 2. The molecule has 6 nitrogen and oxygen atoms in total. The van der Waals surface area contributed by atoms with E-state index in [-0.39, 0.29) is 18.0 Å². The third-order valence-corrected chi connectivity index (χ3v) is 4.88. The third-order valence-electron chi connectivity index (χ3n) is 4.88. The van der Waals surface area contributed by atoms with Crippen molar-refractivity contribution >= 4 is 33.3 Å². The number of H-pyrrole nitrogens is 1. The van der Waals surface area contributed by atoms with Crippen molar-refractivity contribution in [3.8, 4) is 0 Å². The molecule has 29 heavy (non-hydrogen) atoms. The van der Waals surface area contributed by atoms with E-state index in [4.69, 9.17) is 0 Å². The monoisotopic (exact) mass is 386 g/mol. The van der Waals surface area contributed by atoms with Gasteiger partial charge >= 0.3 is 0 Å². The fraction of sp³-hybridized carbons (Fsp3) is 0.174. The molecule has 3 aromatic carbocycles. The third kappa shape index (κ3) is 4.33. The van der Waals surface area contributed by atoms with Crippen LogP contribution in [0.4, 0.5) is 5.69 Å². The number of para-hydroxylation sites is 1. The van der Waals surface area contributed by atoms with Crippen LogP contribution in [-0.2, 0) is 11.3 Å². The number of amides is 1. The van der Waals surface area contributed by atoms with Crippen molar-refractivity contribution in [2.45, 2.75) is 13.5 Å². The summed E-state index contributed by atoms with van der Waals surface area (Å²) < 4.78 is 0. The molecule has 0 radical (unpaired) electrons. The summed E-state index contributed by atoms with van der Waals surface area (Å²) in [4.78, 5) is 34.1. The average Bonchev–Trinajstić information content (AvgIpc) is 2.73. The van der Waals surface area contributed by atoms with Crippen LogP contribution in [0.25, 0.3) is 21.7 Å². The summed E-state index contributed by atoms with van der Waals surface area (Å²) in [6.45, 7) is 3.23. The fourth-order valence-electron chi connectivity index (χ4n) is 3.37. The van der Waals surface area contributed by atoms with Gasteiger partial charge in [-0.15, -0.1) is 0 Å². The first-order valence-corrected chi connectivity index (χ1v) is 9.61. The number of rotatable bonds is 6. The number of nitrogens with zero attached hydrogens (tertiary/aromatic N) is 2. The molecule has 0 unspecified atom stereocenters. The van der Waals surface area contributed by atoms with Gasteiger partial charge in [0.1, 0.15) is 5.82 Å². The molecule has 1 amide bonds. The van der Waals surface area contributed by atoms with Gasteiger partial charge in [-0.1, -0.05) is 49.4 Å². The van der Waals surface area contributed by atoms with Crippen LogP contribution in [0, 0.1) is 0 Å². The SMILES string of the molecule is CCN(CC(=O)Nc1ccc2ccccc2c1)Cc1nc2ccccc2c(=O)[nH]1. The normalized spacial score (nSPS) is 11.2. The van der Waals surface area contributed by atoms with Crippen molar-refractivity contribution in [3.63, 3.8) is 0 Å². The highest BCUT2D eigenvalue weighted by atomic mass is 16.2. The van der Waals surface area contributed by atoms with E-state index in [2.05, 4.69) is 15.3 Å². The van der Waals surface area contributed by atoms with Gasteiger partial charge in [0.25, 0.3) is 5.56 Å². The number of fused-ring (bicyclic) bond motifs is 2. The molecule has 0 bridgehead atoms. The summed E-state index contributed by atoms with van der Waals surface area (Å²) in [6.07, 6.45) is 0. The maximum atomic E-state index is 12.5. The van der Waals surface area contributed by atoms with Gasteiger partial charge in [0.2, 0.25) is 5.91 Å². The quantitative estimate of drug-likeness (QED) is 0.531.